The van der Waals surface area contributed by atoms with Gasteiger partial charge in [-0.05, 0) is 69.5 Å². The Labute approximate surface area is 218 Å². The average Bonchev–Trinajstić information content (AvgIpc) is 2.80. The number of hydrogen-bond donors (Lipinski definition) is 0. The Morgan fingerprint density at radius 2 is 1.94 bits per heavy atom. The molecule has 0 spiro atoms. The van der Waals surface area contributed by atoms with E-state index < -0.39 is 0 Å². The molecule has 0 aliphatic carbocycles. The van der Waals surface area contributed by atoms with Crippen molar-refractivity contribution in [2.24, 2.45) is 5.10 Å². The fourth-order valence-corrected chi connectivity index (χ4v) is 4.47. The summed E-state index contributed by atoms with van der Waals surface area (Å²) in [6, 6.07) is 7.31. The Morgan fingerprint density at radius 1 is 1.15 bits per heavy atom. The summed E-state index contributed by atoms with van der Waals surface area (Å²) in [5.74, 6) is 1.76. The standard InChI is InChI=1S/C24H24Br3N3O3/c1-4-7-8-20-29-18-10-9-16(25)13-17(18)24(31)30(20)28-14-15-12-19(32-6-3)23(33-11-5-2)22(27)21(15)26/h5,9-10,12-14H,2,4,6-8,11H2,1,3H3. The van der Waals surface area contributed by atoms with Gasteiger partial charge in [0.2, 0.25) is 0 Å². The minimum atomic E-state index is -0.213. The Hall–Kier alpha value is -1.97. The first-order valence-corrected chi connectivity index (χ1v) is 12.9. The number of nitrogens with zero attached hydrogens (tertiary/aromatic N) is 3. The van der Waals surface area contributed by atoms with E-state index in [0.29, 0.717) is 52.3 Å². The quantitative estimate of drug-likeness (QED) is 0.179. The molecule has 3 rings (SSSR count). The molecule has 0 aliphatic rings. The molecule has 0 fully saturated rings. The molecule has 2 aromatic carbocycles. The predicted molar refractivity (Wildman–Crippen MR) is 144 cm³/mol. The van der Waals surface area contributed by atoms with Crippen LogP contribution in [0.3, 0.4) is 0 Å². The van der Waals surface area contributed by atoms with E-state index in [0.717, 1.165) is 27.4 Å². The number of aromatic nitrogens is 2. The summed E-state index contributed by atoms with van der Waals surface area (Å²) in [5.41, 5.74) is 1.17. The molecule has 33 heavy (non-hydrogen) atoms. The van der Waals surface area contributed by atoms with Crippen LogP contribution in [-0.2, 0) is 6.42 Å². The van der Waals surface area contributed by atoms with Crippen LogP contribution in [0.4, 0.5) is 0 Å². The second-order valence-corrected chi connectivity index (χ2v) is 9.61. The molecule has 174 valence electrons. The van der Waals surface area contributed by atoms with Crippen molar-refractivity contribution < 1.29 is 9.47 Å². The van der Waals surface area contributed by atoms with Gasteiger partial charge in [-0.3, -0.25) is 4.79 Å². The third kappa shape index (κ3) is 5.94. The lowest BCUT2D eigenvalue weighted by Crippen LogP contribution is -2.22. The number of halogens is 3. The monoisotopic (exact) mass is 639 g/mol. The van der Waals surface area contributed by atoms with Gasteiger partial charge in [0.05, 0.1) is 28.2 Å². The van der Waals surface area contributed by atoms with E-state index in [1.54, 1.807) is 18.4 Å². The molecular formula is C24H24Br3N3O3. The maximum Gasteiger partial charge on any atom is 0.282 e. The van der Waals surface area contributed by atoms with Crippen LogP contribution >= 0.6 is 47.8 Å². The van der Waals surface area contributed by atoms with Gasteiger partial charge in [-0.2, -0.15) is 9.78 Å². The second kappa shape index (κ2) is 11.9. The summed E-state index contributed by atoms with van der Waals surface area (Å²) >= 11 is 10.6. The molecule has 0 saturated heterocycles. The third-order valence-electron chi connectivity index (χ3n) is 4.74. The highest BCUT2D eigenvalue weighted by molar-refractivity contribution is 9.13. The van der Waals surface area contributed by atoms with Crippen molar-refractivity contribution in [3.63, 3.8) is 0 Å². The molecule has 0 unspecified atom stereocenters. The van der Waals surface area contributed by atoms with E-state index in [9.17, 15) is 4.79 Å². The van der Waals surface area contributed by atoms with Gasteiger partial charge in [-0.15, -0.1) is 0 Å². The van der Waals surface area contributed by atoms with Crippen molar-refractivity contribution in [1.82, 2.24) is 9.66 Å². The lowest BCUT2D eigenvalue weighted by atomic mass is 10.2. The van der Waals surface area contributed by atoms with Crippen LogP contribution in [0.2, 0.25) is 0 Å². The molecule has 0 bridgehead atoms. The molecule has 3 aromatic rings. The molecule has 0 N–H and O–H groups in total. The number of aryl methyl sites for hydroxylation is 1. The highest BCUT2D eigenvalue weighted by atomic mass is 79.9. The largest absolute Gasteiger partial charge is 0.490 e. The topological polar surface area (TPSA) is 65.7 Å². The van der Waals surface area contributed by atoms with E-state index >= 15 is 0 Å². The van der Waals surface area contributed by atoms with Crippen molar-refractivity contribution in [3.8, 4) is 11.5 Å². The SMILES string of the molecule is C=CCOc1c(OCC)cc(C=Nn2c(CCCC)nc3ccc(Br)cc3c2=O)c(Br)c1Br. The van der Waals surface area contributed by atoms with Gasteiger partial charge >= 0.3 is 0 Å². The maximum atomic E-state index is 13.3. The highest BCUT2D eigenvalue weighted by Gasteiger charge is 2.17. The van der Waals surface area contributed by atoms with Crippen LogP contribution in [0, 0.1) is 0 Å². The molecule has 1 heterocycles. The zero-order valence-electron chi connectivity index (χ0n) is 18.4. The fourth-order valence-electron chi connectivity index (χ4n) is 3.17. The smallest absolute Gasteiger partial charge is 0.282 e. The number of fused-ring (bicyclic) bond motifs is 1. The highest BCUT2D eigenvalue weighted by Crippen LogP contribution is 2.42. The van der Waals surface area contributed by atoms with E-state index in [4.69, 9.17) is 14.5 Å². The fraction of sp³-hybridized carbons (Fsp3) is 0.292. The molecule has 6 nitrogen and oxygen atoms in total. The summed E-state index contributed by atoms with van der Waals surface area (Å²) in [4.78, 5) is 18.0. The summed E-state index contributed by atoms with van der Waals surface area (Å²) in [6.45, 7) is 8.51. The lowest BCUT2D eigenvalue weighted by molar-refractivity contribution is 0.295. The van der Waals surface area contributed by atoms with E-state index in [1.807, 2.05) is 25.1 Å². The van der Waals surface area contributed by atoms with Gasteiger partial charge < -0.3 is 9.47 Å². The molecule has 0 amide bonds. The Kier molecular flexibility index (Phi) is 9.28. The van der Waals surface area contributed by atoms with E-state index in [-0.39, 0.29) is 5.56 Å². The maximum absolute atomic E-state index is 13.3. The molecule has 0 radical (unpaired) electrons. The van der Waals surface area contributed by atoms with Gasteiger partial charge in [0.1, 0.15) is 12.4 Å². The lowest BCUT2D eigenvalue weighted by Gasteiger charge is -2.15. The zero-order valence-corrected chi connectivity index (χ0v) is 23.2. The van der Waals surface area contributed by atoms with Crippen LogP contribution < -0.4 is 15.0 Å². The molecule has 0 atom stereocenters. The molecule has 0 aliphatic heterocycles. The number of unbranched alkanes of at least 4 members (excludes halogenated alkanes) is 1. The van der Waals surface area contributed by atoms with Crippen molar-refractivity contribution >= 4 is 64.9 Å². The summed E-state index contributed by atoms with van der Waals surface area (Å²) in [7, 11) is 0. The van der Waals surface area contributed by atoms with Crippen molar-refractivity contribution in [2.45, 2.75) is 33.1 Å². The first-order chi connectivity index (χ1) is 15.9. The van der Waals surface area contributed by atoms with Crippen LogP contribution in [0.25, 0.3) is 10.9 Å². The number of ether oxygens (including phenoxy) is 2. The molecule has 1 aromatic heterocycles. The van der Waals surface area contributed by atoms with E-state index in [1.165, 1.54) is 4.68 Å². The van der Waals surface area contributed by atoms with Crippen LogP contribution in [0.5, 0.6) is 11.5 Å². The summed E-state index contributed by atoms with van der Waals surface area (Å²) < 4.78 is 15.2. The van der Waals surface area contributed by atoms with Crippen LogP contribution in [-0.4, -0.2) is 29.1 Å². The van der Waals surface area contributed by atoms with E-state index in [2.05, 4.69) is 66.4 Å². The number of hydrogen-bond acceptors (Lipinski definition) is 5. The minimum absolute atomic E-state index is 0.213. The second-order valence-electron chi connectivity index (χ2n) is 7.11. The number of rotatable bonds is 10. The normalized spacial score (nSPS) is 11.3. The van der Waals surface area contributed by atoms with Crippen LogP contribution in [0.15, 0.2) is 60.2 Å². The van der Waals surface area contributed by atoms with Gasteiger partial charge in [0, 0.05) is 20.9 Å². The zero-order chi connectivity index (χ0) is 24.0. The minimum Gasteiger partial charge on any atom is -0.490 e. The van der Waals surface area contributed by atoms with Crippen molar-refractivity contribution in [1.29, 1.82) is 0 Å². The molecule has 9 heteroatoms. The Morgan fingerprint density at radius 3 is 2.64 bits per heavy atom. The Bertz CT molecular complexity index is 1260. The van der Waals surface area contributed by atoms with Gasteiger partial charge in [0.15, 0.2) is 11.5 Å². The van der Waals surface area contributed by atoms with Gasteiger partial charge in [-0.1, -0.05) is 41.9 Å². The average molecular weight is 642 g/mol. The van der Waals surface area contributed by atoms with Crippen LogP contribution in [0.1, 0.15) is 38.1 Å². The molecular weight excluding hydrogens is 618 g/mol. The first-order valence-electron chi connectivity index (χ1n) is 10.5. The third-order valence-corrected chi connectivity index (χ3v) is 7.38. The van der Waals surface area contributed by atoms with Crippen molar-refractivity contribution in [3.05, 3.63) is 72.1 Å². The molecule has 0 saturated carbocycles. The summed E-state index contributed by atoms with van der Waals surface area (Å²) in [6.07, 6.45) is 5.83. The van der Waals surface area contributed by atoms with Crippen molar-refractivity contribution in [2.75, 3.05) is 13.2 Å². The first kappa shape index (κ1) is 25.6. The number of benzene rings is 2. The predicted octanol–water partition coefficient (Wildman–Crippen LogP) is 6.87. The van der Waals surface area contributed by atoms with Gasteiger partial charge in [-0.25, -0.2) is 4.98 Å². The Balaban J connectivity index is 2.13. The summed E-state index contributed by atoms with van der Waals surface area (Å²) in [5, 5.41) is 5.05. The van der Waals surface area contributed by atoms with Gasteiger partial charge in [0.25, 0.3) is 5.56 Å².